The fourth-order valence-corrected chi connectivity index (χ4v) is 4.13. The van der Waals surface area contributed by atoms with Crippen molar-refractivity contribution in [1.82, 2.24) is 9.47 Å². The normalized spacial score (nSPS) is 19.2. The van der Waals surface area contributed by atoms with Crippen molar-refractivity contribution in [2.75, 3.05) is 0 Å². The molecule has 0 aliphatic carbocycles. The molecule has 1 saturated heterocycles. The maximum Gasteiger partial charge on any atom is 0.418 e. The van der Waals surface area contributed by atoms with Crippen molar-refractivity contribution >= 4 is 22.9 Å². The number of fused-ring (bicyclic) bond motifs is 1. The Kier molecular flexibility index (Phi) is 5.41. The number of aromatic nitrogens is 1. The number of hydrogen-bond acceptors (Lipinski definition) is 3. The van der Waals surface area contributed by atoms with Crippen molar-refractivity contribution in [2.24, 2.45) is 7.05 Å². The Hall–Kier alpha value is -3.50. The number of carbonyl (C=O) groups is 2. The van der Waals surface area contributed by atoms with Crippen LogP contribution in [0, 0.1) is 0 Å². The van der Waals surface area contributed by atoms with Crippen LogP contribution in [0.3, 0.4) is 0 Å². The van der Waals surface area contributed by atoms with Crippen molar-refractivity contribution in [3.8, 4) is 0 Å². The van der Waals surface area contributed by atoms with E-state index in [1.165, 1.54) is 6.92 Å². The van der Waals surface area contributed by atoms with E-state index in [2.05, 4.69) is 0 Å². The van der Waals surface area contributed by atoms with Crippen LogP contribution in [0.5, 0.6) is 0 Å². The largest absolute Gasteiger partial charge is 0.432 e. The first-order valence-electron chi connectivity index (χ1n) is 10.1. The molecule has 1 unspecified atom stereocenters. The standard InChI is InChI=1S/C23H18F6N2O3/c1-21(10-14-12-30(2)18-6-4-3-5-17(14)18)19(32)31(20(33)34-21)11-13-7-15(22(24,25)26)9-16(8-13)23(27,28)29/h3-9,12H,10-11H2,1-2H3. The summed E-state index contributed by atoms with van der Waals surface area (Å²) in [6, 6.07) is 8.27. The molecule has 180 valence electrons. The zero-order valence-corrected chi connectivity index (χ0v) is 17.9. The molecular formula is C23H18F6N2O3. The number of ether oxygens (including phenoxy) is 1. The molecule has 5 nitrogen and oxygen atoms in total. The number of amides is 2. The van der Waals surface area contributed by atoms with Crippen molar-refractivity contribution < 1.29 is 40.7 Å². The van der Waals surface area contributed by atoms with Crippen LogP contribution in [0.25, 0.3) is 10.9 Å². The van der Waals surface area contributed by atoms with Gasteiger partial charge in [-0.25, -0.2) is 9.69 Å². The molecule has 0 N–H and O–H groups in total. The Balaban J connectivity index is 1.64. The van der Waals surface area contributed by atoms with Gasteiger partial charge < -0.3 is 9.30 Å². The summed E-state index contributed by atoms with van der Waals surface area (Å²) in [6.07, 6.45) is -9.49. The maximum absolute atomic E-state index is 13.2. The summed E-state index contributed by atoms with van der Waals surface area (Å²) < 4.78 is 86.1. The van der Waals surface area contributed by atoms with E-state index >= 15 is 0 Å². The van der Waals surface area contributed by atoms with Gasteiger partial charge in [0, 0.05) is 30.6 Å². The second kappa shape index (κ2) is 7.78. The smallest absolute Gasteiger partial charge is 0.418 e. The van der Waals surface area contributed by atoms with Crippen LogP contribution >= 0.6 is 0 Å². The molecule has 0 bridgehead atoms. The molecule has 0 spiro atoms. The minimum atomic E-state index is -5.05. The highest BCUT2D eigenvalue weighted by molar-refractivity contribution is 6.03. The second-order valence-electron chi connectivity index (χ2n) is 8.36. The lowest BCUT2D eigenvalue weighted by Crippen LogP contribution is -2.40. The third-order valence-electron chi connectivity index (χ3n) is 5.73. The molecule has 2 amide bonds. The number of cyclic esters (lactones) is 1. The predicted molar refractivity (Wildman–Crippen MR) is 109 cm³/mol. The fourth-order valence-electron chi connectivity index (χ4n) is 4.13. The number of aryl methyl sites for hydroxylation is 1. The summed E-state index contributed by atoms with van der Waals surface area (Å²) in [5.41, 5.74) is -3.66. The first-order chi connectivity index (χ1) is 15.7. The molecule has 3 aromatic rings. The summed E-state index contributed by atoms with van der Waals surface area (Å²) >= 11 is 0. The van der Waals surface area contributed by atoms with Crippen LogP contribution < -0.4 is 0 Å². The lowest BCUT2D eigenvalue weighted by molar-refractivity contribution is -0.143. The Bertz CT molecular complexity index is 1260. The number of hydrogen-bond donors (Lipinski definition) is 0. The third-order valence-corrected chi connectivity index (χ3v) is 5.73. The zero-order valence-electron chi connectivity index (χ0n) is 17.9. The summed E-state index contributed by atoms with van der Waals surface area (Å²) in [7, 11) is 1.80. The molecule has 1 atom stereocenters. The molecule has 0 radical (unpaired) electrons. The van der Waals surface area contributed by atoms with Gasteiger partial charge in [-0.05, 0) is 42.3 Å². The molecule has 2 aromatic carbocycles. The van der Waals surface area contributed by atoms with Crippen LogP contribution in [0.15, 0.2) is 48.7 Å². The maximum atomic E-state index is 13.2. The van der Waals surface area contributed by atoms with E-state index < -0.39 is 53.2 Å². The van der Waals surface area contributed by atoms with Gasteiger partial charge in [-0.2, -0.15) is 26.3 Å². The Labute approximate surface area is 189 Å². The monoisotopic (exact) mass is 484 g/mol. The molecule has 1 aromatic heterocycles. The van der Waals surface area contributed by atoms with Crippen molar-refractivity contribution in [1.29, 1.82) is 0 Å². The zero-order chi connectivity index (χ0) is 25.1. The number of para-hydroxylation sites is 1. The number of benzene rings is 2. The first-order valence-corrected chi connectivity index (χ1v) is 10.1. The van der Waals surface area contributed by atoms with Gasteiger partial charge in [0.05, 0.1) is 17.7 Å². The highest BCUT2D eigenvalue weighted by atomic mass is 19.4. The minimum Gasteiger partial charge on any atom is -0.432 e. The van der Waals surface area contributed by atoms with E-state index in [0.717, 1.165) is 10.9 Å². The van der Waals surface area contributed by atoms with Crippen molar-refractivity contribution in [2.45, 2.75) is 37.8 Å². The van der Waals surface area contributed by atoms with Crippen molar-refractivity contribution in [3.63, 3.8) is 0 Å². The predicted octanol–water partition coefficient (Wildman–Crippen LogP) is 5.70. The highest BCUT2D eigenvalue weighted by Gasteiger charge is 2.51. The van der Waals surface area contributed by atoms with Gasteiger partial charge in [-0.15, -0.1) is 0 Å². The summed E-state index contributed by atoms with van der Waals surface area (Å²) in [5, 5.41) is 0.821. The van der Waals surface area contributed by atoms with Crippen LogP contribution in [0.2, 0.25) is 0 Å². The van der Waals surface area contributed by atoms with Crippen LogP contribution in [-0.2, 0) is 41.9 Å². The van der Waals surface area contributed by atoms with E-state index in [4.69, 9.17) is 4.74 Å². The topological polar surface area (TPSA) is 51.5 Å². The molecule has 1 aliphatic rings. The average molecular weight is 484 g/mol. The molecule has 11 heteroatoms. The number of nitrogens with zero attached hydrogens (tertiary/aromatic N) is 2. The van der Waals surface area contributed by atoms with Gasteiger partial charge in [-0.3, -0.25) is 4.79 Å². The van der Waals surface area contributed by atoms with Gasteiger partial charge in [0.25, 0.3) is 5.91 Å². The van der Waals surface area contributed by atoms with E-state index in [9.17, 15) is 35.9 Å². The summed E-state index contributed by atoms with van der Waals surface area (Å²) in [4.78, 5) is 26.1. The number of carbonyl (C=O) groups excluding carboxylic acids is 2. The summed E-state index contributed by atoms with van der Waals surface area (Å²) in [5.74, 6) is -0.851. The molecular weight excluding hydrogens is 466 g/mol. The van der Waals surface area contributed by atoms with Crippen LogP contribution in [0.4, 0.5) is 31.1 Å². The van der Waals surface area contributed by atoms with E-state index in [1.807, 2.05) is 22.8 Å². The lowest BCUT2D eigenvalue weighted by Gasteiger charge is -2.20. The molecule has 1 fully saturated rings. The van der Waals surface area contributed by atoms with Gasteiger partial charge in [0.15, 0.2) is 5.60 Å². The van der Waals surface area contributed by atoms with E-state index in [-0.39, 0.29) is 12.5 Å². The Morgan fingerprint density at radius 3 is 2.12 bits per heavy atom. The highest BCUT2D eigenvalue weighted by Crippen LogP contribution is 2.38. The van der Waals surface area contributed by atoms with Gasteiger partial charge in [0.1, 0.15) is 0 Å². The second-order valence-corrected chi connectivity index (χ2v) is 8.36. The Morgan fingerprint density at radius 2 is 1.53 bits per heavy atom. The van der Waals surface area contributed by atoms with Crippen LogP contribution in [0.1, 0.15) is 29.2 Å². The number of halogens is 6. The summed E-state index contributed by atoms with van der Waals surface area (Å²) in [6.45, 7) is 0.568. The number of alkyl halides is 6. The van der Waals surface area contributed by atoms with Gasteiger partial charge in [0.2, 0.25) is 0 Å². The number of rotatable bonds is 4. The molecule has 2 heterocycles. The van der Waals surface area contributed by atoms with Crippen molar-refractivity contribution in [3.05, 3.63) is 70.9 Å². The molecule has 4 rings (SSSR count). The Morgan fingerprint density at radius 1 is 0.941 bits per heavy atom. The van der Waals surface area contributed by atoms with Gasteiger partial charge >= 0.3 is 18.4 Å². The average Bonchev–Trinajstić information content (AvgIpc) is 3.15. The third kappa shape index (κ3) is 4.22. The molecule has 34 heavy (non-hydrogen) atoms. The molecule has 0 saturated carbocycles. The quantitative estimate of drug-likeness (QED) is 0.447. The lowest BCUT2D eigenvalue weighted by atomic mass is 9.95. The SMILES string of the molecule is Cn1cc(CC2(C)OC(=O)N(Cc3cc(C(F)(F)F)cc(C(F)(F)F)c3)C2=O)c2ccccc21. The molecule has 1 aliphatic heterocycles. The van der Waals surface area contributed by atoms with E-state index in [0.29, 0.717) is 22.6 Å². The fraction of sp³-hybridized carbons (Fsp3) is 0.304. The first kappa shape index (κ1) is 23.7. The van der Waals surface area contributed by atoms with Crippen LogP contribution in [-0.4, -0.2) is 27.1 Å². The minimum absolute atomic E-state index is 0.0156. The van der Waals surface area contributed by atoms with E-state index in [1.54, 1.807) is 19.3 Å². The van der Waals surface area contributed by atoms with Gasteiger partial charge in [-0.1, -0.05) is 18.2 Å². The number of imide groups is 1.